The monoisotopic (exact) mass is 436 g/mol. The van der Waals surface area contributed by atoms with Gasteiger partial charge in [0.2, 0.25) is 0 Å². The Hall–Kier alpha value is -2.70. The van der Waals surface area contributed by atoms with Crippen molar-refractivity contribution in [1.82, 2.24) is 20.0 Å². The molecule has 1 N–H and O–H groups in total. The standard InChI is InChI=1S/C26H33FN4O/c1-30(19-23-16-28-29-26(23)22-7-9-24(27)10-8-22)17-21-4-3-14-31(18-21)15-13-20-5-11-25(32-2)12-6-20/h5-12,16,21H,3-4,13-15,17-19H2,1-2H3,(H,28,29). The summed E-state index contributed by atoms with van der Waals surface area (Å²) in [6.45, 7) is 5.32. The maximum absolute atomic E-state index is 13.3. The van der Waals surface area contributed by atoms with E-state index in [9.17, 15) is 4.39 Å². The maximum atomic E-state index is 13.3. The van der Waals surface area contributed by atoms with Crippen LogP contribution in [0.15, 0.2) is 54.7 Å². The van der Waals surface area contributed by atoms with Crippen LogP contribution in [0, 0.1) is 11.7 Å². The zero-order chi connectivity index (χ0) is 22.3. The van der Waals surface area contributed by atoms with Gasteiger partial charge in [-0.15, -0.1) is 0 Å². The molecule has 1 saturated heterocycles. The molecule has 5 nitrogen and oxygen atoms in total. The number of piperidine rings is 1. The number of aromatic amines is 1. The van der Waals surface area contributed by atoms with Crippen molar-refractivity contribution in [2.75, 3.05) is 40.3 Å². The van der Waals surface area contributed by atoms with E-state index in [-0.39, 0.29) is 5.82 Å². The van der Waals surface area contributed by atoms with Crippen molar-refractivity contribution in [2.45, 2.75) is 25.8 Å². The summed E-state index contributed by atoms with van der Waals surface area (Å²) in [4.78, 5) is 4.99. The van der Waals surface area contributed by atoms with Gasteiger partial charge < -0.3 is 14.5 Å². The number of nitrogens with zero attached hydrogens (tertiary/aromatic N) is 3. The van der Waals surface area contributed by atoms with Gasteiger partial charge in [0.15, 0.2) is 0 Å². The van der Waals surface area contributed by atoms with E-state index in [1.807, 2.05) is 18.3 Å². The van der Waals surface area contributed by atoms with Gasteiger partial charge in [0.25, 0.3) is 0 Å². The molecule has 0 saturated carbocycles. The molecule has 6 heteroatoms. The van der Waals surface area contributed by atoms with Crippen molar-refractivity contribution in [3.8, 4) is 17.0 Å². The van der Waals surface area contributed by atoms with Gasteiger partial charge in [-0.25, -0.2) is 4.39 Å². The topological polar surface area (TPSA) is 44.4 Å². The molecule has 1 fully saturated rings. The van der Waals surface area contributed by atoms with Gasteiger partial charge in [-0.2, -0.15) is 5.10 Å². The van der Waals surface area contributed by atoms with Crippen molar-refractivity contribution in [2.24, 2.45) is 5.92 Å². The Bertz CT molecular complexity index is 970. The first-order valence-electron chi connectivity index (χ1n) is 11.4. The molecular formula is C26H33FN4O. The van der Waals surface area contributed by atoms with Crippen LogP contribution in [-0.2, 0) is 13.0 Å². The van der Waals surface area contributed by atoms with Gasteiger partial charge in [0.05, 0.1) is 19.0 Å². The highest BCUT2D eigenvalue weighted by Gasteiger charge is 2.21. The maximum Gasteiger partial charge on any atom is 0.123 e. The van der Waals surface area contributed by atoms with Crippen LogP contribution in [0.5, 0.6) is 5.75 Å². The molecular weight excluding hydrogens is 403 g/mol. The molecule has 0 bridgehead atoms. The lowest BCUT2D eigenvalue weighted by Gasteiger charge is -2.34. The van der Waals surface area contributed by atoms with Crippen molar-refractivity contribution in [3.63, 3.8) is 0 Å². The van der Waals surface area contributed by atoms with E-state index in [1.54, 1.807) is 19.2 Å². The number of rotatable bonds is 9. The molecule has 1 unspecified atom stereocenters. The fourth-order valence-electron chi connectivity index (χ4n) is 4.68. The van der Waals surface area contributed by atoms with Crippen molar-refractivity contribution in [1.29, 1.82) is 0 Å². The summed E-state index contributed by atoms with van der Waals surface area (Å²) in [5, 5.41) is 7.32. The SMILES string of the molecule is COc1ccc(CCN2CCCC(CN(C)Cc3cn[nH]c3-c3ccc(F)cc3)C2)cc1. The molecule has 2 heterocycles. The second-order valence-corrected chi connectivity index (χ2v) is 8.88. The number of methoxy groups -OCH3 is 1. The normalized spacial score (nSPS) is 17.1. The Balaban J connectivity index is 1.27. The highest BCUT2D eigenvalue weighted by molar-refractivity contribution is 5.62. The molecule has 4 rings (SSSR count). The molecule has 2 aromatic carbocycles. The van der Waals surface area contributed by atoms with Crippen LogP contribution in [0.4, 0.5) is 4.39 Å². The predicted octanol–water partition coefficient (Wildman–Crippen LogP) is 4.61. The fourth-order valence-corrected chi connectivity index (χ4v) is 4.68. The third-order valence-corrected chi connectivity index (χ3v) is 6.34. The Morgan fingerprint density at radius 1 is 1.16 bits per heavy atom. The van der Waals surface area contributed by atoms with Gasteiger partial charge in [-0.05, 0) is 80.7 Å². The van der Waals surface area contributed by atoms with Gasteiger partial charge in [-0.3, -0.25) is 5.10 Å². The largest absolute Gasteiger partial charge is 0.497 e. The number of ether oxygens (including phenoxy) is 1. The molecule has 1 aromatic heterocycles. The number of halogens is 1. The Morgan fingerprint density at radius 3 is 2.69 bits per heavy atom. The van der Waals surface area contributed by atoms with Gasteiger partial charge in [0, 0.05) is 37.3 Å². The zero-order valence-electron chi connectivity index (χ0n) is 19.1. The summed E-state index contributed by atoms with van der Waals surface area (Å²) in [5.74, 6) is 1.36. The number of hydrogen-bond donors (Lipinski definition) is 1. The molecule has 0 spiro atoms. The van der Waals surface area contributed by atoms with E-state index in [0.29, 0.717) is 5.92 Å². The van der Waals surface area contributed by atoms with E-state index in [4.69, 9.17) is 4.74 Å². The minimum atomic E-state index is -0.222. The first-order valence-corrected chi connectivity index (χ1v) is 11.4. The number of aromatic nitrogens is 2. The highest BCUT2D eigenvalue weighted by atomic mass is 19.1. The quantitative estimate of drug-likeness (QED) is 0.532. The van der Waals surface area contributed by atoms with Crippen molar-refractivity contribution in [3.05, 3.63) is 71.7 Å². The predicted molar refractivity (Wildman–Crippen MR) is 126 cm³/mol. The molecule has 1 atom stereocenters. The van der Waals surface area contributed by atoms with Gasteiger partial charge in [-0.1, -0.05) is 12.1 Å². The first-order chi connectivity index (χ1) is 15.6. The Kier molecular flexibility index (Phi) is 7.55. The van der Waals surface area contributed by atoms with Gasteiger partial charge in [0.1, 0.15) is 11.6 Å². The number of hydrogen-bond acceptors (Lipinski definition) is 4. The van der Waals surface area contributed by atoms with Crippen LogP contribution in [0.2, 0.25) is 0 Å². The lowest BCUT2D eigenvalue weighted by molar-refractivity contribution is 0.142. The number of H-pyrrole nitrogens is 1. The summed E-state index contributed by atoms with van der Waals surface area (Å²) >= 11 is 0. The van der Waals surface area contributed by atoms with E-state index in [2.05, 4.69) is 39.2 Å². The zero-order valence-corrected chi connectivity index (χ0v) is 19.1. The first kappa shape index (κ1) is 22.5. The lowest BCUT2D eigenvalue weighted by Crippen LogP contribution is -2.40. The minimum Gasteiger partial charge on any atom is -0.497 e. The summed E-state index contributed by atoms with van der Waals surface area (Å²) in [6, 6.07) is 15.0. The van der Waals surface area contributed by atoms with E-state index in [1.165, 1.54) is 37.1 Å². The average molecular weight is 437 g/mol. The second-order valence-electron chi connectivity index (χ2n) is 8.88. The Morgan fingerprint density at radius 2 is 1.94 bits per heavy atom. The molecule has 0 aliphatic carbocycles. The van der Waals surface area contributed by atoms with Crippen LogP contribution < -0.4 is 4.74 Å². The molecule has 32 heavy (non-hydrogen) atoms. The molecule has 1 aliphatic heterocycles. The smallest absolute Gasteiger partial charge is 0.123 e. The van der Waals surface area contributed by atoms with Crippen molar-refractivity contribution < 1.29 is 9.13 Å². The number of nitrogens with one attached hydrogen (secondary N) is 1. The van der Waals surface area contributed by atoms with Crippen LogP contribution in [0.1, 0.15) is 24.0 Å². The Labute approximate surface area is 190 Å². The van der Waals surface area contributed by atoms with Crippen LogP contribution in [0.25, 0.3) is 11.3 Å². The molecule has 170 valence electrons. The third kappa shape index (κ3) is 5.96. The number of likely N-dealkylation sites (tertiary alicyclic amines) is 1. The fraction of sp³-hybridized carbons (Fsp3) is 0.423. The van der Waals surface area contributed by atoms with Crippen LogP contribution >= 0.6 is 0 Å². The summed E-state index contributed by atoms with van der Waals surface area (Å²) in [7, 11) is 3.88. The second kappa shape index (κ2) is 10.7. The van der Waals surface area contributed by atoms with Crippen LogP contribution in [-0.4, -0.2) is 60.3 Å². The molecule has 0 amide bonds. The third-order valence-electron chi connectivity index (χ3n) is 6.34. The lowest BCUT2D eigenvalue weighted by atomic mass is 9.96. The molecule has 0 radical (unpaired) electrons. The minimum absolute atomic E-state index is 0.222. The molecule has 3 aromatic rings. The van der Waals surface area contributed by atoms with Gasteiger partial charge >= 0.3 is 0 Å². The summed E-state index contributed by atoms with van der Waals surface area (Å²) < 4.78 is 18.5. The van der Waals surface area contributed by atoms with Crippen molar-refractivity contribution >= 4 is 0 Å². The van der Waals surface area contributed by atoms with E-state index in [0.717, 1.165) is 55.2 Å². The van der Waals surface area contributed by atoms with Crippen LogP contribution in [0.3, 0.4) is 0 Å². The van der Waals surface area contributed by atoms with E-state index >= 15 is 0 Å². The summed E-state index contributed by atoms with van der Waals surface area (Å²) in [6.07, 6.45) is 5.49. The average Bonchev–Trinajstić information content (AvgIpc) is 3.26. The summed E-state index contributed by atoms with van der Waals surface area (Å²) in [5.41, 5.74) is 4.45. The molecule has 1 aliphatic rings. The number of benzene rings is 2. The van der Waals surface area contributed by atoms with E-state index < -0.39 is 0 Å². The highest BCUT2D eigenvalue weighted by Crippen LogP contribution is 2.24.